The molecule has 0 amide bonds. The van der Waals surface area contributed by atoms with Gasteiger partial charge in [-0.25, -0.2) is 0 Å². The predicted molar refractivity (Wildman–Crippen MR) is 123 cm³/mol. The van der Waals surface area contributed by atoms with Gasteiger partial charge >= 0.3 is 8.25 Å². The number of unbranched alkanes of at least 4 members (excludes halogenated alkanes) is 15. The van der Waals surface area contributed by atoms with E-state index in [0.717, 1.165) is 13.0 Å². The van der Waals surface area contributed by atoms with Gasteiger partial charge in [-0.15, -0.1) is 0 Å². The van der Waals surface area contributed by atoms with E-state index in [0.29, 0.717) is 6.61 Å². The van der Waals surface area contributed by atoms with Gasteiger partial charge in [0.25, 0.3) is 0 Å². The lowest BCUT2D eigenvalue weighted by atomic mass is 10.0. The van der Waals surface area contributed by atoms with Crippen molar-refractivity contribution in [2.75, 3.05) is 34.0 Å². The first-order chi connectivity index (χ1) is 14.2. The van der Waals surface area contributed by atoms with Crippen molar-refractivity contribution < 1.29 is 23.1 Å². The molecule has 2 atom stereocenters. The molecule has 0 bridgehead atoms. The first kappa shape index (κ1) is 29.1. The van der Waals surface area contributed by atoms with Crippen LogP contribution in [0.5, 0.6) is 0 Å². The van der Waals surface area contributed by atoms with Crippen LogP contribution in [0.4, 0.5) is 0 Å². The number of ether oxygens (including phenoxy) is 2. The molecule has 0 N–H and O–H groups in total. The summed E-state index contributed by atoms with van der Waals surface area (Å²) in [6.45, 7) is 3.73. The maximum absolute atomic E-state index is 11.1. The Morgan fingerprint density at radius 2 is 1.10 bits per heavy atom. The van der Waals surface area contributed by atoms with Gasteiger partial charge in [-0.3, -0.25) is 4.57 Å². The van der Waals surface area contributed by atoms with Gasteiger partial charge < -0.3 is 18.5 Å². The van der Waals surface area contributed by atoms with E-state index >= 15 is 0 Å². The Kier molecular flexibility index (Phi) is 24.4. The molecule has 0 saturated carbocycles. The van der Waals surface area contributed by atoms with Crippen LogP contribution in [0.15, 0.2) is 0 Å². The molecule has 0 aromatic heterocycles. The van der Waals surface area contributed by atoms with E-state index in [1.165, 1.54) is 103 Å². The fraction of sp³-hybridized carbons (Fsp3) is 1.00. The number of methoxy groups -OCH3 is 1. The van der Waals surface area contributed by atoms with E-state index in [4.69, 9.17) is 14.0 Å². The molecule has 0 fully saturated rings. The van der Waals surface area contributed by atoms with Gasteiger partial charge in [-0.05, 0) is 6.42 Å². The molecule has 0 heterocycles. The van der Waals surface area contributed by atoms with Crippen molar-refractivity contribution in [3.05, 3.63) is 0 Å². The molecule has 176 valence electrons. The average molecular weight is 437 g/mol. The van der Waals surface area contributed by atoms with E-state index < -0.39 is 8.25 Å². The van der Waals surface area contributed by atoms with Crippen LogP contribution in [-0.2, 0) is 23.1 Å². The number of hydrogen-bond acceptors (Lipinski definition) is 5. The minimum atomic E-state index is -2.38. The summed E-state index contributed by atoms with van der Waals surface area (Å²) in [6, 6.07) is 0. The van der Waals surface area contributed by atoms with Gasteiger partial charge in [0, 0.05) is 20.8 Å². The van der Waals surface area contributed by atoms with Gasteiger partial charge in [0.1, 0.15) is 6.10 Å². The standard InChI is InChI=1S/C23H49O5P/c1-4-5-6-7-8-9-10-11-12-13-14-15-16-17-18-19-20-27-21-23(25-2)22-28-29(24)26-3/h23,29H,4-22H2,1-3H3/t23-/m1/s1. The number of hydrogen-bond donors (Lipinski definition) is 0. The minimum Gasteiger partial charge on any atom is -0.379 e. The Hall–Kier alpha value is 0.0700. The topological polar surface area (TPSA) is 54.0 Å². The lowest BCUT2D eigenvalue weighted by Gasteiger charge is -2.15. The molecular weight excluding hydrogens is 387 g/mol. The van der Waals surface area contributed by atoms with Gasteiger partial charge in [-0.2, -0.15) is 0 Å². The van der Waals surface area contributed by atoms with Crippen molar-refractivity contribution in [3.63, 3.8) is 0 Å². The van der Waals surface area contributed by atoms with Crippen LogP contribution in [0.1, 0.15) is 110 Å². The largest absolute Gasteiger partial charge is 0.379 e. The van der Waals surface area contributed by atoms with Gasteiger partial charge in [0.15, 0.2) is 0 Å². The Morgan fingerprint density at radius 3 is 1.52 bits per heavy atom. The molecule has 0 aromatic carbocycles. The Balaban J connectivity index is 3.20. The molecule has 0 radical (unpaired) electrons. The third-order valence-electron chi connectivity index (χ3n) is 5.33. The highest BCUT2D eigenvalue weighted by Crippen LogP contribution is 2.22. The van der Waals surface area contributed by atoms with Crippen molar-refractivity contribution in [1.29, 1.82) is 0 Å². The SMILES string of the molecule is CCCCCCCCCCCCCCCCCCOC[C@H](CO[PH](=O)OC)OC. The van der Waals surface area contributed by atoms with Crippen molar-refractivity contribution in [1.82, 2.24) is 0 Å². The van der Waals surface area contributed by atoms with Crippen molar-refractivity contribution >= 4 is 8.25 Å². The lowest BCUT2D eigenvalue weighted by molar-refractivity contribution is -0.0160. The van der Waals surface area contributed by atoms with Crippen molar-refractivity contribution in [3.8, 4) is 0 Å². The summed E-state index contributed by atoms with van der Waals surface area (Å²) in [4.78, 5) is 0. The Labute approximate surface area is 181 Å². The fourth-order valence-corrected chi connectivity index (χ4v) is 3.81. The molecule has 0 aliphatic heterocycles. The third-order valence-corrected chi connectivity index (χ3v) is 6.07. The van der Waals surface area contributed by atoms with Crippen molar-refractivity contribution in [2.45, 2.75) is 116 Å². The van der Waals surface area contributed by atoms with E-state index in [1.807, 2.05) is 0 Å². The first-order valence-corrected chi connectivity index (χ1v) is 13.3. The molecule has 0 spiro atoms. The molecule has 0 aromatic rings. The van der Waals surface area contributed by atoms with Crippen LogP contribution < -0.4 is 0 Å². The highest BCUT2D eigenvalue weighted by Gasteiger charge is 2.09. The molecule has 0 aliphatic carbocycles. The Morgan fingerprint density at radius 1 is 0.655 bits per heavy atom. The summed E-state index contributed by atoms with van der Waals surface area (Å²) in [6.07, 6.45) is 21.8. The van der Waals surface area contributed by atoms with Gasteiger partial charge in [0.05, 0.1) is 13.2 Å². The number of rotatable bonds is 24. The summed E-state index contributed by atoms with van der Waals surface area (Å²) < 4.78 is 31.7. The summed E-state index contributed by atoms with van der Waals surface area (Å²) in [5, 5.41) is 0. The highest BCUT2D eigenvalue weighted by atomic mass is 31.1. The van der Waals surface area contributed by atoms with E-state index in [9.17, 15) is 4.57 Å². The minimum absolute atomic E-state index is 0.194. The second-order valence-electron chi connectivity index (χ2n) is 8.00. The van der Waals surface area contributed by atoms with E-state index in [-0.39, 0.29) is 12.7 Å². The van der Waals surface area contributed by atoms with Gasteiger partial charge in [0.2, 0.25) is 0 Å². The van der Waals surface area contributed by atoms with Crippen LogP contribution in [0, 0.1) is 0 Å². The zero-order valence-corrected chi connectivity index (χ0v) is 20.6. The summed E-state index contributed by atoms with van der Waals surface area (Å²) in [5.41, 5.74) is 0. The van der Waals surface area contributed by atoms with Gasteiger partial charge in [-0.1, -0.05) is 103 Å². The fourth-order valence-electron chi connectivity index (χ4n) is 3.37. The second kappa shape index (κ2) is 24.3. The monoisotopic (exact) mass is 436 g/mol. The zero-order chi connectivity index (χ0) is 21.4. The van der Waals surface area contributed by atoms with Crippen LogP contribution in [-0.4, -0.2) is 40.1 Å². The first-order valence-electron chi connectivity index (χ1n) is 12.1. The average Bonchev–Trinajstić information content (AvgIpc) is 2.74. The summed E-state index contributed by atoms with van der Waals surface area (Å²) >= 11 is 0. The molecule has 1 unspecified atom stereocenters. The molecule has 29 heavy (non-hydrogen) atoms. The van der Waals surface area contributed by atoms with E-state index in [2.05, 4.69) is 11.4 Å². The zero-order valence-electron chi connectivity index (χ0n) is 19.6. The van der Waals surface area contributed by atoms with Crippen LogP contribution in [0.25, 0.3) is 0 Å². The predicted octanol–water partition coefficient (Wildman–Crippen LogP) is 7.33. The van der Waals surface area contributed by atoms with Crippen molar-refractivity contribution in [2.24, 2.45) is 0 Å². The molecule has 6 heteroatoms. The summed E-state index contributed by atoms with van der Waals surface area (Å²) in [5.74, 6) is 0. The quantitative estimate of drug-likeness (QED) is 0.117. The lowest BCUT2D eigenvalue weighted by Crippen LogP contribution is -2.23. The third kappa shape index (κ3) is 22.6. The normalized spacial score (nSPS) is 13.6. The molecule has 0 saturated heterocycles. The maximum atomic E-state index is 11.1. The molecular formula is C23H49O5P. The highest BCUT2D eigenvalue weighted by molar-refractivity contribution is 7.33. The smallest absolute Gasteiger partial charge is 0.318 e. The van der Waals surface area contributed by atoms with Crippen LogP contribution in [0.2, 0.25) is 0 Å². The second-order valence-corrected chi connectivity index (χ2v) is 9.20. The Bertz CT molecular complexity index is 341. The van der Waals surface area contributed by atoms with Crippen LogP contribution in [0.3, 0.4) is 0 Å². The van der Waals surface area contributed by atoms with Crippen LogP contribution >= 0.6 is 8.25 Å². The maximum Gasteiger partial charge on any atom is 0.318 e. The summed E-state index contributed by atoms with van der Waals surface area (Å²) in [7, 11) is 0.598. The molecule has 0 aliphatic rings. The van der Waals surface area contributed by atoms with E-state index in [1.54, 1.807) is 7.11 Å². The molecule has 0 rings (SSSR count). The molecule has 5 nitrogen and oxygen atoms in total.